The first-order valence-electron chi connectivity index (χ1n) is 3.45. The van der Waals surface area contributed by atoms with Gasteiger partial charge < -0.3 is 3.83 Å². The van der Waals surface area contributed by atoms with Crippen LogP contribution in [0.5, 0.6) is 0 Å². The van der Waals surface area contributed by atoms with Crippen molar-refractivity contribution in [1.82, 2.24) is 0 Å². The van der Waals surface area contributed by atoms with Crippen LogP contribution in [0.3, 0.4) is 0 Å². The summed E-state index contributed by atoms with van der Waals surface area (Å²) in [6, 6.07) is 3.98. The zero-order valence-electron chi connectivity index (χ0n) is 6.64. The van der Waals surface area contributed by atoms with E-state index >= 15 is 0 Å². The predicted octanol–water partition coefficient (Wildman–Crippen LogP) is 3.17. The van der Waals surface area contributed by atoms with Crippen molar-refractivity contribution in [2.75, 3.05) is 0 Å². The van der Waals surface area contributed by atoms with Gasteiger partial charge in [-0.15, -0.1) is 0 Å². The van der Waals surface area contributed by atoms with Crippen LogP contribution in [0.25, 0.3) is 0 Å². The molecule has 1 aromatic carbocycles. The number of alkyl halides is 3. The minimum absolute atomic E-state index is 0.156. The van der Waals surface area contributed by atoms with E-state index < -0.39 is 17.7 Å². The van der Waals surface area contributed by atoms with Gasteiger partial charge in [-0.2, -0.15) is 13.2 Å². The van der Waals surface area contributed by atoms with Crippen LogP contribution < -0.4 is 0 Å². The summed E-state index contributed by atoms with van der Waals surface area (Å²) >= 11 is 2.40. The van der Waals surface area contributed by atoms with Gasteiger partial charge in [-0.25, -0.2) is 4.79 Å². The van der Waals surface area contributed by atoms with Crippen LogP contribution in [-0.2, 0) is 10.0 Å². The molecule has 0 N–H and O–H groups in total. The first kappa shape index (κ1) is 11.0. The Labute approximate surface area is 86.1 Å². The fraction of sp³-hybridized carbons (Fsp3) is 0.125. The number of carbonyl (C=O) groups excluding carboxylic acids is 1. The van der Waals surface area contributed by atoms with Crippen molar-refractivity contribution in [2.24, 2.45) is 0 Å². The number of benzene rings is 1. The molecular formula is C8H4BrF3O2. The first-order valence-corrected chi connectivity index (χ1v) is 4.10. The predicted molar refractivity (Wildman–Crippen MR) is 45.8 cm³/mol. The molecule has 0 spiro atoms. The molecule has 0 aliphatic carbocycles. The van der Waals surface area contributed by atoms with Crippen LogP contribution >= 0.6 is 16.3 Å². The van der Waals surface area contributed by atoms with E-state index in [-0.39, 0.29) is 5.56 Å². The molecule has 0 radical (unpaired) electrons. The van der Waals surface area contributed by atoms with Gasteiger partial charge in [0.15, 0.2) is 16.3 Å². The third-order valence-electron chi connectivity index (χ3n) is 1.50. The zero-order valence-corrected chi connectivity index (χ0v) is 8.22. The van der Waals surface area contributed by atoms with E-state index in [0.29, 0.717) is 0 Å². The Morgan fingerprint density at radius 2 is 2.00 bits per heavy atom. The van der Waals surface area contributed by atoms with Crippen molar-refractivity contribution in [1.29, 1.82) is 0 Å². The lowest BCUT2D eigenvalue weighted by Gasteiger charge is -2.06. The van der Waals surface area contributed by atoms with Gasteiger partial charge in [0.1, 0.15) is 0 Å². The number of rotatable bonds is 1. The standard InChI is InChI=1S/C8H4BrF3O2/c9-14-7(13)5-2-1-3-6(4-5)8(10,11)12/h1-4H. The average Bonchev–Trinajstić information content (AvgIpc) is 2.15. The lowest BCUT2D eigenvalue weighted by atomic mass is 10.1. The summed E-state index contributed by atoms with van der Waals surface area (Å²) in [5.74, 6) is -0.865. The minimum atomic E-state index is -4.46. The summed E-state index contributed by atoms with van der Waals surface area (Å²) in [7, 11) is 0. The van der Waals surface area contributed by atoms with Gasteiger partial charge in [-0.1, -0.05) is 6.07 Å². The van der Waals surface area contributed by atoms with E-state index in [1.807, 2.05) is 0 Å². The molecule has 0 amide bonds. The van der Waals surface area contributed by atoms with Crippen LogP contribution in [0.1, 0.15) is 15.9 Å². The highest BCUT2D eigenvalue weighted by molar-refractivity contribution is 9.06. The van der Waals surface area contributed by atoms with Crippen LogP contribution in [0.15, 0.2) is 24.3 Å². The fourth-order valence-corrected chi connectivity index (χ4v) is 1.05. The third-order valence-corrected chi connectivity index (χ3v) is 1.79. The van der Waals surface area contributed by atoms with Crippen molar-refractivity contribution in [3.05, 3.63) is 35.4 Å². The van der Waals surface area contributed by atoms with Gasteiger partial charge in [0.05, 0.1) is 11.1 Å². The quantitative estimate of drug-likeness (QED) is 0.782. The largest absolute Gasteiger partial charge is 0.416 e. The van der Waals surface area contributed by atoms with Crippen LogP contribution in [0, 0.1) is 0 Å². The van der Waals surface area contributed by atoms with Crippen molar-refractivity contribution in [3.8, 4) is 0 Å². The molecule has 0 unspecified atom stereocenters. The van der Waals surface area contributed by atoms with Gasteiger partial charge in [0.2, 0.25) is 0 Å². The normalized spacial score (nSPS) is 11.1. The van der Waals surface area contributed by atoms with E-state index in [2.05, 4.69) is 20.1 Å². The zero-order chi connectivity index (χ0) is 10.8. The maximum atomic E-state index is 12.2. The Balaban J connectivity index is 3.08. The summed E-state index contributed by atoms with van der Waals surface area (Å²) in [4.78, 5) is 10.9. The molecule has 6 heteroatoms. The van der Waals surface area contributed by atoms with Gasteiger partial charge in [0, 0.05) is 0 Å². The van der Waals surface area contributed by atoms with E-state index in [0.717, 1.165) is 18.2 Å². The molecule has 0 heterocycles. The molecule has 0 aromatic heterocycles. The second-order valence-electron chi connectivity index (χ2n) is 2.44. The highest BCUT2D eigenvalue weighted by Gasteiger charge is 2.30. The Bertz CT molecular complexity index is 349. The summed E-state index contributed by atoms with van der Waals surface area (Å²) < 4.78 is 40.6. The van der Waals surface area contributed by atoms with Gasteiger partial charge in [-0.3, -0.25) is 0 Å². The van der Waals surface area contributed by atoms with Crippen molar-refractivity contribution >= 4 is 22.2 Å². The molecular weight excluding hydrogens is 265 g/mol. The van der Waals surface area contributed by atoms with E-state index in [9.17, 15) is 18.0 Å². The highest BCUT2D eigenvalue weighted by atomic mass is 79.9. The molecule has 76 valence electrons. The Morgan fingerprint density at radius 3 is 2.50 bits per heavy atom. The molecule has 0 saturated heterocycles. The monoisotopic (exact) mass is 268 g/mol. The van der Waals surface area contributed by atoms with E-state index in [1.54, 1.807) is 0 Å². The van der Waals surface area contributed by atoms with Crippen LogP contribution in [0.4, 0.5) is 13.2 Å². The highest BCUT2D eigenvalue weighted by Crippen LogP contribution is 2.29. The summed E-state index contributed by atoms with van der Waals surface area (Å²) in [5.41, 5.74) is -1.04. The van der Waals surface area contributed by atoms with Gasteiger partial charge >= 0.3 is 12.1 Å². The average molecular weight is 269 g/mol. The topological polar surface area (TPSA) is 26.3 Å². The molecule has 0 atom stereocenters. The maximum absolute atomic E-state index is 12.2. The molecule has 14 heavy (non-hydrogen) atoms. The van der Waals surface area contributed by atoms with Crippen LogP contribution in [0.2, 0.25) is 0 Å². The number of hydrogen-bond donors (Lipinski definition) is 0. The Hall–Kier alpha value is -1.04. The van der Waals surface area contributed by atoms with Crippen molar-refractivity contribution < 1.29 is 21.8 Å². The first-order chi connectivity index (χ1) is 6.45. The smallest absolute Gasteiger partial charge is 0.380 e. The maximum Gasteiger partial charge on any atom is 0.416 e. The molecule has 1 rings (SSSR count). The van der Waals surface area contributed by atoms with Gasteiger partial charge in [-0.05, 0) is 18.2 Å². The second kappa shape index (κ2) is 4.00. The van der Waals surface area contributed by atoms with Gasteiger partial charge in [0.25, 0.3) is 0 Å². The Morgan fingerprint density at radius 1 is 1.36 bits per heavy atom. The molecule has 0 aliphatic heterocycles. The summed E-state index contributed by atoms with van der Waals surface area (Å²) in [6.45, 7) is 0. The van der Waals surface area contributed by atoms with E-state index in [1.165, 1.54) is 6.07 Å². The molecule has 0 saturated carbocycles. The number of carbonyl (C=O) groups is 1. The molecule has 1 aromatic rings. The van der Waals surface area contributed by atoms with Crippen LogP contribution in [-0.4, -0.2) is 5.97 Å². The number of hydrogen-bond acceptors (Lipinski definition) is 2. The Kier molecular flexibility index (Phi) is 3.15. The second-order valence-corrected chi connectivity index (χ2v) is 2.77. The molecule has 0 aliphatic rings. The molecule has 2 nitrogen and oxygen atoms in total. The summed E-state index contributed by atoms with van der Waals surface area (Å²) in [6.07, 6.45) is -4.46. The lowest BCUT2D eigenvalue weighted by Crippen LogP contribution is -2.07. The molecule has 0 fully saturated rings. The summed E-state index contributed by atoms with van der Waals surface area (Å²) in [5, 5.41) is 0. The number of halogens is 4. The minimum Gasteiger partial charge on any atom is -0.380 e. The molecule has 0 bridgehead atoms. The fourth-order valence-electron chi connectivity index (χ4n) is 0.867. The van der Waals surface area contributed by atoms with E-state index in [4.69, 9.17) is 0 Å². The lowest BCUT2D eigenvalue weighted by molar-refractivity contribution is -0.137. The third kappa shape index (κ3) is 2.47. The van der Waals surface area contributed by atoms with Crippen molar-refractivity contribution in [2.45, 2.75) is 6.18 Å². The SMILES string of the molecule is O=C(OBr)c1cccc(C(F)(F)F)c1. The van der Waals surface area contributed by atoms with Crippen molar-refractivity contribution in [3.63, 3.8) is 0 Å².